The van der Waals surface area contributed by atoms with Gasteiger partial charge in [-0.05, 0) is 68.5 Å². The Kier molecular flexibility index (Phi) is 7.61. The molecule has 166 valence electrons. The molecule has 0 saturated carbocycles. The smallest absolute Gasteiger partial charge is 0.230 e. The molecule has 7 heteroatoms. The monoisotopic (exact) mass is 448 g/mol. The Hall–Kier alpha value is -3.06. The van der Waals surface area contributed by atoms with E-state index >= 15 is 0 Å². The van der Waals surface area contributed by atoms with E-state index in [9.17, 15) is 4.79 Å². The van der Waals surface area contributed by atoms with Gasteiger partial charge in [-0.25, -0.2) is 0 Å². The molecule has 1 amide bonds. The molecule has 1 aliphatic rings. The molecule has 0 spiro atoms. The molecular weight excluding hydrogens is 420 g/mol. The molecule has 32 heavy (non-hydrogen) atoms. The summed E-state index contributed by atoms with van der Waals surface area (Å²) in [6, 6.07) is 17.7. The molecule has 0 fully saturated rings. The molecule has 1 heterocycles. The number of rotatable bonds is 9. The Labute approximate surface area is 193 Å². The van der Waals surface area contributed by atoms with E-state index in [-0.39, 0.29) is 5.91 Å². The molecule has 1 N–H and O–H groups in total. The number of methoxy groups -OCH3 is 1. The van der Waals surface area contributed by atoms with Gasteiger partial charge in [-0.1, -0.05) is 41.6 Å². The molecule has 4 rings (SSSR count). The van der Waals surface area contributed by atoms with Crippen molar-refractivity contribution in [2.24, 2.45) is 0 Å². The van der Waals surface area contributed by atoms with Crippen LogP contribution in [0.1, 0.15) is 32.1 Å². The zero-order valence-electron chi connectivity index (χ0n) is 18.3. The molecule has 0 radical (unpaired) electrons. The average molecular weight is 449 g/mol. The van der Waals surface area contributed by atoms with E-state index < -0.39 is 0 Å². The molecule has 1 aromatic heterocycles. The highest BCUT2D eigenvalue weighted by Crippen LogP contribution is 2.29. The number of thioether (sulfide) groups is 1. The summed E-state index contributed by atoms with van der Waals surface area (Å²) in [5, 5.41) is 12.6. The van der Waals surface area contributed by atoms with Crippen LogP contribution in [0.15, 0.2) is 71.4 Å². The standard InChI is InChI=1S/C25H28N4O2S/c1-31-22-14-12-20(13-15-22)24-27-28-25(29(24)21-10-6-3-7-11-21)32-18-23(30)26-17-16-19-8-4-2-5-9-19/h3,6-8,10-15H,2,4-5,9,16-18H2,1H3,(H,26,30). The lowest BCUT2D eigenvalue weighted by Crippen LogP contribution is -2.26. The SMILES string of the molecule is COc1ccc(-c2nnc(SCC(=O)NCCC3=CCCCC3)n2-c2ccccc2)cc1. The maximum atomic E-state index is 12.4. The largest absolute Gasteiger partial charge is 0.497 e. The maximum Gasteiger partial charge on any atom is 0.230 e. The lowest BCUT2D eigenvalue weighted by atomic mass is 9.97. The van der Waals surface area contributed by atoms with Gasteiger partial charge in [-0.2, -0.15) is 0 Å². The van der Waals surface area contributed by atoms with Crippen molar-refractivity contribution in [1.29, 1.82) is 0 Å². The molecule has 0 aliphatic heterocycles. The predicted octanol–water partition coefficient (Wildman–Crippen LogP) is 5.04. The summed E-state index contributed by atoms with van der Waals surface area (Å²) in [6.07, 6.45) is 8.16. The second kappa shape index (κ2) is 11.0. The number of carbonyl (C=O) groups is 1. The Morgan fingerprint density at radius 1 is 1.09 bits per heavy atom. The molecule has 0 atom stereocenters. The van der Waals surface area contributed by atoms with Gasteiger partial charge in [0.25, 0.3) is 0 Å². The topological polar surface area (TPSA) is 69.0 Å². The number of allylic oxidation sites excluding steroid dienone is 1. The zero-order valence-corrected chi connectivity index (χ0v) is 19.1. The third-order valence-corrected chi connectivity index (χ3v) is 6.41. The number of hydrogen-bond acceptors (Lipinski definition) is 5. The second-order valence-electron chi connectivity index (χ2n) is 7.70. The first-order valence-corrected chi connectivity index (χ1v) is 12.0. The van der Waals surface area contributed by atoms with E-state index in [4.69, 9.17) is 4.74 Å². The fourth-order valence-electron chi connectivity index (χ4n) is 3.78. The lowest BCUT2D eigenvalue weighted by Gasteiger charge is -2.13. The Morgan fingerprint density at radius 3 is 2.62 bits per heavy atom. The van der Waals surface area contributed by atoms with Crippen molar-refractivity contribution >= 4 is 17.7 Å². The van der Waals surface area contributed by atoms with Crippen LogP contribution in [-0.2, 0) is 4.79 Å². The van der Waals surface area contributed by atoms with Gasteiger partial charge in [0.1, 0.15) is 5.75 Å². The molecular formula is C25H28N4O2S. The van der Waals surface area contributed by atoms with Crippen molar-refractivity contribution in [2.75, 3.05) is 19.4 Å². The minimum atomic E-state index is 0.0139. The molecule has 0 unspecified atom stereocenters. The third-order valence-electron chi connectivity index (χ3n) is 5.48. The van der Waals surface area contributed by atoms with Crippen LogP contribution >= 0.6 is 11.8 Å². The summed E-state index contributed by atoms with van der Waals surface area (Å²) in [5.74, 6) is 1.83. The van der Waals surface area contributed by atoms with Crippen LogP contribution in [-0.4, -0.2) is 40.1 Å². The van der Waals surface area contributed by atoms with E-state index in [0.29, 0.717) is 17.5 Å². The minimum absolute atomic E-state index is 0.0139. The van der Waals surface area contributed by atoms with Gasteiger partial charge in [0.05, 0.1) is 12.9 Å². The summed E-state index contributed by atoms with van der Waals surface area (Å²) >= 11 is 1.40. The van der Waals surface area contributed by atoms with Crippen molar-refractivity contribution in [2.45, 2.75) is 37.3 Å². The Bertz CT molecular complexity index is 1060. The zero-order chi connectivity index (χ0) is 22.2. The quantitative estimate of drug-likeness (QED) is 0.367. The number of carbonyl (C=O) groups excluding carboxylic acids is 1. The lowest BCUT2D eigenvalue weighted by molar-refractivity contribution is -0.118. The maximum absolute atomic E-state index is 12.4. The van der Waals surface area contributed by atoms with Crippen molar-refractivity contribution in [3.05, 3.63) is 66.2 Å². The van der Waals surface area contributed by atoms with Gasteiger partial charge < -0.3 is 10.1 Å². The number of ether oxygens (including phenoxy) is 1. The molecule has 0 saturated heterocycles. The van der Waals surface area contributed by atoms with Gasteiger partial charge >= 0.3 is 0 Å². The first kappa shape index (κ1) is 22.1. The van der Waals surface area contributed by atoms with Crippen LogP contribution in [0.5, 0.6) is 5.75 Å². The van der Waals surface area contributed by atoms with Gasteiger partial charge in [-0.15, -0.1) is 10.2 Å². The Balaban J connectivity index is 1.45. The van der Waals surface area contributed by atoms with Gasteiger partial charge in [0.2, 0.25) is 5.91 Å². The molecule has 6 nitrogen and oxygen atoms in total. The minimum Gasteiger partial charge on any atom is -0.497 e. The summed E-state index contributed by atoms with van der Waals surface area (Å²) in [7, 11) is 1.65. The highest BCUT2D eigenvalue weighted by atomic mass is 32.2. The average Bonchev–Trinajstić information content (AvgIpc) is 3.28. The number of aromatic nitrogens is 3. The van der Waals surface area contributed by atoms with Crippen molar-refractivity contribution < 1.29 is 9.53 Å². The first-order chi connectivity index (χ1) is 15.7. The Morgan fingerprint density at radius 2 is 1.91 bits per heavy atom. The number of nitrogens with zero attached hydrogens (tertiary/aromatic N) is 3. The fraction of sp³-hybridized carbons (Fsp3) is 0.320. The summed E-state index contributed by atoms with van der Waals surface area (Å²) in [5.41, 5.74) is 3.35. The van der Waals surface area contributed by atoms with Gasteiger partial charge in [-0.3, -0.25) is 9.36 Å². The van der Waals surface area contributed by atoms with E-state index in [1.165, 1.54) is 43.0 Å². The molecule has 3 aromatic rings. The number of nitrogens with one attached hydrogen (secondary N) is 1. The first-order valence-electron chi connectivity index (χ1n) is 11.0. The molecule has 1 aliphatic carbocycles. The van der Waals surface area contributed by atoms with E-state index in [1.54, 1.807) is 7.11 Å². The van der Waals surface area contributed by atoms with Crippen molar-refractivity contribution in [3.8, 4) is 22.8 Å². The van der Waals surface area contributed by atoms with Crippen molar-refractivity contribution in [3.63, 3.8) is 0 Å². The van der Waals surface area contributed by atoms with E-state index in [1.807, 2.05) is 59.2 Å². The summed E-state index contributed by atoms with van der Waals surface area (Å²) < 4.78 is 7.26. The van der Waals surface area contributed by atoms with Crippen LogP contribution in [0, 0.1) is 0 Å². The predicted molar refractivity (Wildman–Crippen MR) is 128 cm³/mol. The summed E-state index contributed by atoms with van der Waals surface area (Å²) in [4.78, 5) is 12.4. The normalized spacial score (nSPS) is 13.5. The van der Waals surface area contributed by atoms with E-state index in [2.05, 4.69) is 21.6 Å². The van der Waals surface area contributed by atoms with Crippen molar-refractivity contribution in [1.82, 2.24) is 20.1 Å². The van der Waals surface area contributed by atoms with Gasteiger partial charge in [0.15, 0.2) is 11.0 Å². The fourth-order valence-corrected chi connectivity index (χ4v) is 4.56. The number of hydrogen-bond donors (Lipinski definition) is 1. The highest BCUT2D eigenvalue weighted by molar-refractivity contribution is 7.99. The van der Waals surface area contributed by atoms with Crippen LogP contribution < -0.4 is 10.1 Å². The third kappa shape index (κ3) is 5.59. The second-order valence-corrected chi connectivity index (χ2v) is 8.64. The number of amides is 1. The molecule has 0 bridgehead atoms. The summed E-state index contributed by atoms with van der Waals surface area (Å²) in [6.45, 7) is 0.688. The number of benzene rings is 2. The molecule has 2 aromatic carbocycles. The highest BCUT2D eigenvalue weighted by Gasteiger charge is 2.17. The van der Waals surface area contributed by atoms with E-state index in [0.717, 1.165) is 29.2 Å². The van der Waals surface area contributed by atoms with Crippen LogP contribution in [0.2, 0.25) is 0 Å². The van der Waals surface area contributed by atoms with Crippen LogP contribution in [0.25, 0.3) is 17.1 Å². The van der Waals surface area contributed by atoms with Crippen LogP contribution in [0.3, 0.4) is 0 Å². The number of para-hydroxylation sites is 1. The van der Waals surface area contributed by atoms with Gasteiger partial charge in [0, 0.05) is 17.8 Å². The van der Waals surface area contributed by atoms with Crippen LogP contribution in [0.4, 0.5) is 0 Å².